The van der Waals surface area contributed by atoms with Crippen LogP contribution in [-0.2, 0) is 16.1 Å². The first-order valence-electron chi connectivity index (χ1n) is 9.30. The predicted octanol–water partition coefficient (Wildman–Crippen LogP) is 3.48. The van der Waals surface area contributed by atoms with Crippen molar-refractivity contribution in [2.45, 2.75) is 19.4 Å². The van der Waals surface area contributed by atoms with Gasteiger partial charge < -0.3 is 14.2 Å². The molecule has 1 saturated heterocycles. The number of esters is 1. The second-order valence-electron chi connectivity index (χ2n) is 6.79. The van der Waals surface area contributed by atoms with Crippen molar-refractivity contribution in [1.82, 2.24) is 4.90 Å². The highest BCUT2D eigenvalue weighted by Gasteiger charge is 2.39. The number of rotatable bonds is 7. The molecule has 0 saturated carbocycles. The van der Waals surface area contributed by atoms with Gasteiger partial charge in [-0.15, -0.1) is 0 Å². The van der Waals surface area contributed by atoms with Crippen LogP contribution in [0.15, 0.2) is 48.5 Å². The van der Waals surface area contributed by atoms with Crippen LogP contribution in [0.25, 0.3) is 0 Å². The van der Waals surface area contributed by atoms with Crippen molar-refractivity contribution >= 4 is 5.97 Å². The summed E-state index contributed by atoms with van der Waals surface area (Å²) in [5.74, 6) is 1.16. The van der Waals surface area contributed by atoms with Crippen LogP contribution in [0.1, 0.15) is 24.0 Å². The molecule has 0 amide bonds. The summed E-state index contributed by atoms with van der Waals surface area (Å²) in [4.78, 5) is 14.9. The van der Waals surface area contributed by atoms with Crippen molar-refractivity contribution in [2.75, 3.05) is 33.9 Å². The molecule has 3 rings (SSSR count). The Morgan fingerprint density at radius 2 is 1.70 bits per heavy atom. The Morgan fingerprint density at radius 3 is 2.30 bits per heavy atom. The van der Waals surface area contributed by atoms with Crippen LogP contribution in [-0.4, -0.2) is 44.8 Å². The maximum absolute atomic E-state index is 12.6. The highest BCUT2D eigenvalue weighted by molar-refractivity contribution is 5.74. The average molecular weight is 369 g/mol. The second kappa shape index (κ2) is 8.91. The Morgan fingerprint density at radius 1 is 1.04 bits per heavy atom. The molecular formula is C22H27NO4. The van der Waals surface area contributed by atoms with E-state index >= 15 is 0 Å². The van der Waals surface area contributed by atoms with E-state index in [2.05, 4.69) is 17.0 Å². The lowest BCUT2D eigenvalue weighted by Crippen LogP contribution is -2.25. The SMILES string of the molecule is CCOC(=O)[C@H]1CN(Cc2ccccc2)C[C@@H]1c1cc(OC)cc(OC)c1. The highest BCUT2D eigenvalue weighted by atomic mass is 16.5. The molecule has 144 valence electrons. The molecule has 1 fully saturated rings. The quantitative estimate of drug-likeness (QED) is 0.700. The van der Waals surface area contributed by atoms with E-state index in [4.69, 9.17) is 14.2 Å². The Hall–Kier alpha value is -2.53. The van der Waals surface area contributed by atoms with Crippen molar-refractivity contribution in [3.05, 3.63) is 59.7 Å². The first kappa shape index (κ1) is 19.2. The molecule has 2 aromatic carbocycles. The van der Waals surface area contributed by atoms with Gasteiger partial charge in [0, 0.05) is 31.6 Å². The third-order valence-electron chi connectivity index (χ3n) is 5.04. The summed E-state index contributed by atoms with van der Waals surface area (Å²) in [7, 11) is 3.27. The third-order valence-corrected chi connectivity index (χ3v) is 5.04. The van der Waals surface area contributed by atoms with E-state index in [1.54, 1.807) is 14.2 Å². The molecule has 0 radical (unpaired) electrons. The molecule has 1 aliphatic heterocycles. The molecule has 0 N–H and O–H groups in total. The monoisotopic (exact) mass is 369 g/mol. The zero-order valence-electron chi connectivity index (χ0n) is 16.2. The fourth-order valence-corrected chi connectivity index (χ4v) is 3.73. The minimum atomic E-state index is -0.203. The van der Waals surface area contributed by atoms with Gasteiger partial charge in [-0.1, -0.05) is 30.3 Å². The van der Waals surface area contributed by atoms with E-state index in [-0.39, 0.29) is 17.8 Å². The van der Waals surface area contributed by atoms with Gasteiger partial charge in [0.15, 0.2) is 0 Å². The van der Waals surface area contributed by atoms with Crippen molar-refractivity contribution in [3.63, 3.8) is 0 Å². The van der Waals surface area contributed by atoms with Gasteiger partial charge in [-0.25, -0.2) is 0 Å². The van der Waals surface area contributed by atoms with E-state index in [0.29, 0.717) is 13.2 Å². The summed E-state index contributed by atoms with van der Waals surface area (Å²) in [5.41, 5.74) is 2.28. The lowest BCUT2D eigenvalue weighted by atomic mass is 9.88. The number of carbonyl (C=O) groups excluding carboxylic acids is 1. The summed E-state index contributed by atoms with van der Waals surface area (Å²) in [6.45, 7) is 4.52. The van der Waals surface area contributed by atoms with E-state index in [0.717, 1.165) is 30.2 Å². The molecular weight excluding hydrogens is 342 g/mol. The highest BCUT2D eigenvalue weighted by Crippen LogP contribution is 2.37. The molecule has 0 bridgehead atoms. The van der Waals surface area contributed by atoms with Crippen LogP contribution in [0.5, 0.6) is 11.5 Å². The molecule has 0 aromatic heterocycles. The third kappa shape index (κ3) is 4.61. The lowest BCUT2D eigenvalue weighted by Gasteiger charge is -2.19. The minimum absolute atomic E-state index is 0.0387. The normalized spacial score (nSPS) is 19.7. The summed E-state index contributed by atoms with van der Waals surface area (Å²) >= 11 is 0. The zero-order chi connectivity index (χ0) is 19.2. The Kier molecular flexibility index (Phi) is 6.35. The summed E-state index contributed by atoms with van der Waals surface area (Å²) in [6.07, 6.45) is 0. The predicted molar refractivity (Wildman–Crippen MR) is 104 cm³/mol. The maximum atomic E-state index is 12.6. The summed E-state index contributed by atoms with van der Waals surface area (Å²) in [5, 5.41) is 0. The number of ether oxygens (including phenoxy) is 3. The van der Waals surface area contributed by atoms with Crippen LogP contribution in [0.3, 0.4) is 0 Å². The van der Waals surface area contributed by atoms with Crippen LogP contribution in [0.4, 0.5) is 0 Å². The summed E-state index contributed by atoms with van der Waals surface area (Å²) < 4.78 is 16.2. The van der Waals surface area contributed by atoms with Crippen molar-refractivity contribution in [1.29, 1.82) is 0 Å². The fraction of sp³-hybridized carbons (Fsp3) is 0.409. The van der Waals surface area contributed by atoms with Crippen molar-refractivity contribution in [3.8, 4) is 11.5 Å². The molecule has 5 nitrogen and oxygen atoms in total. The topological polar surface area (TPSA) is 48.0 Å². The smallest absolute Gasteiger partial charge is 0.310 e. The number of hydrogen-bond acceptors (Lipinski definition) is 5. The number of benzene rings is 2. The van der Waals surface area contributed by atoms with E-state index in [1.165, 1.54) is 5.56 Å². The lowest BCUT2D eigenvalue weighted by molar-refractivity contribution is -0.148. The molecule has 2 aromatic rings. The Labute approximate surface area is 160 Å². The van der Waals surface area contributed by atoms with Crippen LogP contribution >= 0.6 is 0 Å². The number of carbonyl (C=O) groups is 1. The van der Waals surface area contributed by atoms with Gasteiger partial charge in [-0.3, -0.25) is 9.69 Å². The molecule has 1 heterocycles. The molecule has 0 aliphatic carbocycles. The van der Waals surface area contributed by atoms with Gasteiger partial charge in [-0.05, 0) is 30.2 Å². The number of hydrogen-bond donors (Lipinski definition) is 0. The molecule has 5 heteroatoms. The van der Waals surface area contributed by atoms with E-state index in [1.807, 2.05) is 43.3 Å². The first-order valence-corrected chi connectivity index (χ1v) is 9.30. The number of methoxy groups -OCH3 is 2. The van der Waals surface area contributed by atoms with Crippen LogP contribution < -0.4 is 9.47 Å². The molecule has 0 spiro atoms. The summed E-state index contributed by atoms with van der Waals surface area (Å²) in [6, 6.07) is 16.1. The van der Waals surface area contributed by atoms with Gasteiger partial charge in [0.25, 0.3) is 0 Å². The molecule has 0 unspecified atom stereocenters. The van der Waals surface area contributed by atoms with E-state index < -0.39 is 0 Å². The van der Waals surface area contributed by atoms with Gasteiger partial charge >= 0.3 is 5.97 Å². The van der Waals surface area contributed by atoms with Gasteiger partial charge in [-0.2, -0.15) is 0 Å². The Bertz CT molecular complexity index is 740. The van der Waals surface area contributed by atoms with Crippen molar-refractivity contribution in [2.24, 2.45) is 5.92 Å². The largest absolute Gasteiger partial charge is 0.497 e. The minimum Gasteiger partial charge on any atom is -0.497 e. The average Bonchev–Trinajstić information content (AvgIpc) is 3.12. The number of nitrogens with zero attached hydrogens (tertiary/aromatic N) is 1. The second-order valence-corrected chi connectivity index (χ2v) is 6.79. The van der Waals surface area contributed by atoms with Crippen LogP contribution in [0, 0.1) is 5.92 Å². The molecule has 1 aliphatic rings. The molecule has 27 heavy (non-hydrogen) atoms. The molecule has 2 atom stereocenters. The van der Waals surface area contributed by atoms with E-state index in [9.17, 15) is 4.79 Å². The first-order chi connectivity index (χ1) is 13.1. The maximum Gasteiger partial charge on any atom is 0.310 e. The Balaban J connectivity index is 1.87. The number of likely N-dealkylation sites (tertiary alicyclic amines) is 1. The zero-order valence-corrected chi connectivity index (χ0v) is 16.2. The standard InChI is InChI=1S/C22H27NO4/c1-4-27-22(24)21-15-23(13-16-8-6-5-7-9-16)14-20(21)17-10-18(25-2)12-19(11-17)26-3/h5-12,20-21H,4,13-15H2,1-3H3/t20-,21+/m1/s1. The fourth-order valence-electron chi connectivity index (χ4n) is 3.73. The van der Waals surface area contributed by atoms with Gasteiger partial charge in [0.05, 0.1) is 26.7 Å². The van der Waals surface area contributed by atoms with Crippen LogP contribution in [0.2, 0.25) is 0 Å². The van der Waals surface area contributed by atoms with Gasteiger partial charge in [0.1, 0.15) is 11.5 Å². The van der Waals surface area contributed by atoms with Gasteiger partial charge in [0.2, 0.25) is 0 Å². The van der Waals surface area contributed by atoms with Crippen molar-refractivity contribution < 1.29 is 19.0 Å².